The number of rotatable bonds is 12. The van der Waals surface area contributed by atoms with Crippen molar-refractivity contribution in [3.8, 4) is 0 Å². The average molecular weight is 590 g/mol. The summed E-state index contributed by atoms with van der Waals surface area (Å²) in [6.45, 7) is 12.4. The molecule has 0 aromatic heterocycles. The molecule has 2 aliphatic carbocycles. The van der Waals surface area contributed by atoms with E-state index < -0.39 is 8.07 Å². The number of unbranched alkanes of at least 4 members (excludes halogenated alkanes) is 6. The molecule has 0 heterocycles. The van der Waals surface area contributed by atoms with Crippen LogP contribution in [0, 0.1) is 24.2 Å². The largest absolute Gasteiger partial charge is 4.00 e. The fraction of sp³-hybridized carbons (Fsp3) is 0.633. The van der Waals surface area contributed by atoms with Gasteiger partial charge in [-0.25, -0.2) is 0 Å². The second kappa shape index (κ2) is 18.7. The van der Waals surface area contributed by atoms with Crippen LogP contribution in [0.5, 0.6) is 0 Å². The normalized spacial score (nSPS) is 22.3. The molecule has 3 rings (SSSR count). The van der Waals surface area contributed by atoms with Gasteiger partial charge in [0.05, 0.1) is 8.07 Å². The van der Waals surface area contributed by atoms with Crippen LogP contribution in [0.1, 0.15) is 83.3 Å². The molecule has 0 spiro atoms. The molecule has 0 nitrogen and oxygen atoms in total. The molecule has 35 heavy (non-hydrogen) atoms. The van der Waals surface area contributed by atoms with Gasteiger partial charge in [0.1, 0.15) is 0 Å². The second-order valence-electron chi connectivity index (χ2n) is 10.9. The van der Waals surface area contributed by atoms with E-state index >= 15 is 0 Å². The molecule has 1 aromatic rings. The van der Waals surface area contributed by atoms with E-state index in [1.807, 2.05) is 0 Å². The Balaban J connectivity index is 0. The Morgan fingerprint density at radius 3 is 1.77 bits per heavy atom. The van der Waals surface area contributed by atoms with Gasteiger partial charge in [-0.1, -0.05) is 120 Å². The Morgan fingerprint density at radius 1 is 0.743 bits per heavy atom. The molecule has 4 atom stereocenters. The van der Waals surface area contributed by atoms with Crippen LogP contribution >= 0.6 is 0 Å². The molecule has 2 aliphatic rings. The summed E-state index contributed by atoms with van der Waals surface area (Å²) in [7, 11) is -1.61. The third kappa shape index (κ3) is 10.3. The first-order valence-electron chi connectivity index (χ1n) is 13.3. The summed E-state index contributed by atoms with van der Waals surface area (Å²) >= 11 is 0. The first-order valence-corrected chi connectivity index (χ1v) is 16.4. The number of hydrogen-bond donors (Lipinski definition) is 0. The smallest absolute Gasteiger partial charge is 1.00 e. The van der Waals surface area contributed by atoms with E-state index in [2.05, 4.69) is 82.8 Å². The van der Waals surface area contributed by atoms with Crippen LogP contribution in [0.3, 0.4) is 0 Å². The van der Waals surface area contributed by atoms with E-state index in [0.29, 0.717) is 17.8 Å². The van der Waals surface area contributed by atoms with E-state index in [4.69, 9.17) is 0 Å². The van der Waals surface area contributed by atoms with Crippen molar-refractivity contribution < 1.29 is 58.9 Å². The minimum atomic E-state index is -1.61. The summed E-state index contributed by atoms with van der Waals surface area (Å²) < 4.78 is 0. The van der Waals surface area contributed by atoms with E-state index in [9.17, 15) is 0 Å². The van der Waals surface area contributed by atoms with Gasteiger partial charge in [-0.3, -0.25) is 0 Å². The number of hydrogen-bond acceptors (Lipinski definition) is 0. The fourth-order valence-electron chi connectivity index (χ4n) is 6.28. The van der Waals surface area contributed by atoms with E-state index in [0.717, 1.165) is 5.54 Å². The Kier molecular flexibility index (Phi) is 20.1. The Labute approximate surface area is 252 Å². The van der Waals surface area contributed by atoms with Crippen molar-refractivity contribution in [3.05, 3.63) is 60.1 Å². The minimum absolute atomic E-state index is 0. The molecule has 0 bridgehead atoms. The van der Waals surface area contributed by atoms with Crippen LogP contribution < -0.4 is 42.4 Å². The van der Waals surface area contributed by atoms with Crippen LogP contribution in [0.15, 0.2) is 42.5 Å². The monoisotopic (exact) mass is 588 g/mol. The van der Waals surface area contributed by atoms with Crippen LogP contribution in [-0.4, -0.2) is 8.07 Å². The molecule has 0 saturated heterocycles. The summed E-state index contributed by atoms with van der Waals surface area (Å²) in [5.74, 6) is 2.08. The van der Waals surface area contributed by atoms with Crippen LogP contribution in [0.25, 0.3) is 0 Å². The van der Waals surface area contributed by atoms with Crippen molar-refractivity contribution in [2.75, 3.05) is 0 Å². The third-order valence-electron chi connectivity index (χ3n) is 8.00. The first-order chi connectivity index (χ1) is 15.0. The molecular formula is C30H47Cl3SiTi. The van der Waals surface area contributed by atoms with Crippen molar-refractivity contribution in [1.29, 1.82) is 0 Å². The zero-order chi connectivity index (χ0) is 22.3. The maximum atomic E-state index is 2.66. The summed E-state index contributed by atoms with van der Waals surface area (Å²) in [6.07, 6.45) is 25.5. The van der Waals surface area contributed by atoms with Gasteiger partial charge in [-0.15, -0.1) is 12.0 Å². The molecule has 0 N–H and O–H groups in total. The van der Waals surface area contributed by atoms with Crippen molar-refractivity contribution in [2.45, 2.75) is 104 Å². The summed E-state index contributed by atoms with van der Waals surface area (Å²) in [5, 5.41) is 1.72. The number of benzene rings is 1. The van der Waals surface area contributed by atoms with Gasteiger partial charge in [0.2, 0.25) is 0 Å². The topological polar surface area (TPSA) is 0 Å². The van der Waals surface area contributed by atoms with Gasteiger partial charge < -0.3 is 43.6 Å². The maximum absolute atomic E-state index is 2.66. The number of fused-ring (bicyclic) bond motifs is 1. The van der Waals surface area contributed by atoms with E-state index in [1.54, 1.807) is 16.3 Å². The number of allylic oxidation sites excluding steroid dienone is 4. The number of halogens is 3. The SMILES string of the molecule is CCCCCCc1cc(CCCCCC)cc([Si](C)(C)C2C(C)[CH-]C3C=CC=CC32)c1.[Cl-].[Cl-].[Cl-].[Ti+4]. The summed E-state index contributed by atoms with van der Waals surface area (Å²) in [4.78, 5) is 0. The average Bonchev–Trinajstić information content (AvgIpc) is 3.10. The molecule has 0 amide bonds. The van der Waals surface area contributed by atoms with Gasteiger partial charge in [0, 0.05) is 0 Å². The summed E-state index contributed by atoms with van der Waals surface area (Å²) in [6, 6.07) is 7.83. The van der Waals surface area contributed by atoms with Gasteiger partial charge in [-0.05, 0) is 42.7 Å². The van der Waals surface area contributed by atoms with Crippen LogP contribution in [0.4, 0.5) is 0 Å². The predicted molar refractivity (Wildman–Crippen MR) is 142 cm³/mol. The zero-order valence-corrected chi connectivity index (χ0v) is 27.5. The van der Waals surface area contributed by atoms with Gasteiger partial charge >= 0.3 is 21.7 Å². The Bertz CT molecular complexity index is 732. The molecule has 1 fully saturated rings. The molecule has 196 valence electrons. The van der Waals surface area contributed by atoms with E-state index in [1.165, 1.54) is 64.2 Å². The summed E-state index contributed by atoms with van der Waals surface area (Å²) in [5.41, 5.74) is 4.04. The molecular weight excluding hydrogens is 543 g/mol. The minimum Gasteiger partial charge on any atom is -1.00 e. The Hall–Kier alpha value is 0.501. The molecule has 1 aromatic carbocycles. The van der Waals surface area contributed by atoms with Gasteiger partial charge in [-0.2, -0.15) is 5.92 Å². The molecule has 1 saturated carbocycles. The molecule has 4 unspecified atom stereocenters. The molecule has 5 heteroatoms. The standard InChI is InChI=1S/C30H47Si.3ClH.Ti/c1-6-8-10-12-16-25-21-26(17-13-11-9-7-2)23-28(22-25)31(4,5)30-24(3)20-27-18-14-15-19-29(27)30;;;;/h14-15,18-24,27,29-30H,6-13,16-17H2,1-5H3;3*1H;/q-1;;;;+4/p-3. The van der Waals surface area contributed by atoms with Crippen molar-refractivity contribution in [3.63, 3.8) is 0 Å². The van der Waals surface area contributed by atoms with Crippen molar-refractivity contribution >= 4 is 13.3 Å². The van der Waals surface area contributed by atoms with Crippen LogP contribution in [-0.2, 0) is 34.6 Å². The number of aryl methyl sites for hydroxylation is 2. The Morgan fingerprint density at radius 2 is 1.26 bits per heavy atom. The third-order valence-corrected chi connectivity index (χ3v) is 12.4. The van der Waals surface area contributed by atoms with Gasteiger partial charge in [0.15, 0.2) is 0 Å². The quantitative estimate of drug-likeness (QED) is 0.174. The van der Waals surface area contributed by atoms with Gasteiger partial charge in [0.25, 0.3) is 0 Å². The van der Waals surface area contributed by atoms with E-state index in [-0.39, 0.29) is 58.9 Å². The zero-order valence-electron chi connectivity index (χ0n) is 22.6. The first kappa shape index (κ1) is 37.7. The predicted octanol–water partition coefficient (Wildman–Crippen LogP) is -0.560. The molecule has 0 aliphatic heterocycles. The van der Waals surface area contributed by atoms with Crippen molar-refractivity contribution in [1.82, 2.24) is 0 Å². The second-order valence-corrected chi connectivity index (χ2v) is 15.6. The fourth-order valence-corrected chi connectivity index (χ4v) is 10.5. The van der Waals surface area contributed by atoms with Crippen molar-refractivity contribution in [2.24, 2.45) is 17.8 Å². The maximum Gasteiger partial charge on any atom is 4.00 e. The van der Waals surface area contributed by atoms with Crippen LogP contribution in [0.2, 0.25) is 18.6 Å². The molecule has 0 radical (unpaired) electrons.